The second-order valence-electron chi connectivity index (χ2n) is 7.41. The average molecular weight is 415 g/mol. The molecule has 0 unspecified atom stereocenters. The molecule has 7 nitrogen and oxygen atoms in total. The monoisotopic (exact) mass is 415 g/mol. The number of benzene rings is 2. The van der Waals surface area contributed by atoms with E-state index < -0.39 is 23.3 Å². The van der Waals surface area contributed by atoms with E-state index in [1.807, 2.05) is 60.7 Å². The Morgan fingerprint density at radius 1 is 0.774 bits per heavy atom. The van der Waals surface area contributed by atoms with E-state index in [0.29, 0.717) is 17.9 Å². The first-order valence-electron chi connectivity index (χ1n) is 9.93. The molecule has 3 aromatic rings. The first-order chi connectivity index (χ1) is 15.0. The summed E-state index contributed by atoms with van der Waals surface area (Å²) in [6.07, 6.45) is 4.19. The van der Waals surface area contributed by atoms with E-state index in [2.05, 4.69) is 15.6 Å². The van der Waals surface area contributed by atoms with Gasteiger partial charge in [0.1, 0.15) is 16.9 Å². The molecule has 2 heterocycles. The molecule has 0 spiro atoms. The summed E-state index contributed by atoms with van der Waals surface area (Å²) in [5.74, 6) is 0.0980. The number of hydrogen-bond donors (Lipinski definition) is 2. The molecule has 1 aromatic heterocycles. The number of aryl methyl sites for hydroxylation is 1. The van der Waals surface area contributed by atoms with Crippen LogP contribution in [0.5, 0.6) is 11.5 Å². The van der Waals surface area contributed by atoms with E-state index in [9.17, 15) is 14.4 Å². The number of carbonyl (C=O) groups excluding carboxylic acids is 3. The fourth-order valence-electron chi connectivity index (χ4n) is 3.66. The Morgan fingerprint density at radius 3 is 2.16 bits per heavy atom. The predicted molar refractivity (Wildman–Crippen MR) is 113 cm³/mol. The van der Waals surface area contributed by atoms with Crippen LogP contribution in [0.4, 0.5) is 4.79 Å². The topological polar surface area (TPSA) is 97.4 Å². The van der Waals surface area contributed by atoms with Crippen LogP contribution >= 0.6 is 0 Å². The highest BCUT2D eigenvalue weighted by Gasteiger charge is 2.49. The minimum atomic E-state index is -1.41. The van der Waals surface area contributed by atoms with Crippen molar-refractivity contribution in [1.82, 2.24) is 15.6 Å². The minimum absolute atomic E-state index is 0.134. The fourth-order valence-corrected chi connectivity index (χ4v) is 3.66. The van der Waals surface area contributed by atoms with E-state index in [0.717, 1.165) is 11.1 Å². The summed E-state index contributed by atoms with van der Waals surface area (Å²) in [6, 6.07) is 19.5. The molecule has 0 aliphatic carbocycles. The van der Waals surface area contributed by atoms with Crippen molar-refractivity contribution >= 4 is 17.8 Å². The molecule has 156 valence electrons. The number of rotatable bonds is 7. The second kappa shape index (κ2) is 8.79. The molecular formula is C24H21N3O4. The molecule has 0 radical (unpaired) electrons. The summed E-state index contributed by atoms with van der Waals surface area (Å²) in [5, 5.41) is 4.52. The third-order valence-electron chi connectivity index (χ3n) is 5.30. The Balaban J connectivity index is 1.60. The molecule has 0 saturated carbocycles. The Bertz CT molecular complexity index is 1080. The van der Waals surface area contributed by atoms with Crippen LogP contribution in [0.2, 0.25) is 0 Å². The second-order valence-corrected chi connectivity index (χ2v) is 7.41. The third kappa shape index (κ3) is 4.61. The maximum absolute atomic E-state index is 12.9. The number of barbiturate groups is 1. The maximum Gasteiger partial charge on any atom is 0.328 e. The largest absolute Gasteiger partial charge is 0.457 e. The Hall–Kier alpha value is -4.00. The number of ether oxygens (including phenoxy) is 1. The number of imide groups is 2. The van der Waals surface area contributed by atoms with Gasteiger partial charge in [0.05, 0.1) is 0 Å². The number of para-hydroxylation sites is 1. The third-order valence-corrected chi connectivity index (χ3v) is 5.30. The predicted octanol–water partition coefficient (Wildman–Crippen LogP) is 3.40. The van der Waals surface area contributed by atoms with Gasteiger partial charge in [0.2, 0.25) is 11.8 Å². The number of amides is 4. The molecule has 1 aliphatic heterocycles. The van der Waals surface area contributed by atoms with Gasteiger partial charge in [-0.05, 0) is 66.8 Å². The van der Waals surface area contributed by atoms with Crippen molar-refractivity contribution in [1.29, 1.82) is 0 Å². The number of aromatic nitrogens is 1. The number of urea groups is 1. The molecule has 31 heavy (non-hydrogen) atoms. The van der Waals surface area contributed by atoms with E-state index in [1.165, 1.54) is 0 Å². The van der Waals surface area contributed by atoms with Crippen LogP contribution in [-0.2, 0) is 22.4 Å². The van der Waals surface area contributed by atoms with Crippen LogP contribution in [0.3, 0.4) is 0 Å². The maximum atomic E-state index is 12.9. The van der Waals surface area contributed by atoms with Gasteiger partial charge in [-0.3, -0.25) is 25.2 Å². The Morgan fingerprint density at radius 2 is 1.45 bits per heavy atom. The molecule has 4 amide bonds. The van der Waals surface area contributed by atoms with E-state index in [1.54, 1.807) is 18.5 Å². The lowest BCUT2D eigenvalue weighted by Gasteiger charge is -2.34. The van der Waals surface area contributed by atoms with Crippen LogP contribution in [0.25, 0.3) is 0 Å². The zero-order chi connectivity index (χ0) is 21.7. The van der Waals surface area contributed by atoms with Crippen molar-refractivity contribution in [2.75, 3.05) is 0 Å². The van der Waals surface area contributed by atoms with Crippen molar-refractivity contribution in [2.45, 2.75) is 19.3 Å². The Labute approximate surface area is 179 Å². The number of nitrogens with one attached hydrogen (secondary N) is 2. The number of carbonyl (C=O) groups is 3. The molecule has 7 heteroatoms. The van der Waals surface area contributed by atoms with Crippen LogP contribution in [0, 0.1) is 5.41 Å². The van der Waals surface area contributed by atoms with Gasteiger partial charge in [0, 0.05) is 12.4 Å². The molecule has 1 aliphatic rings. The summed E-state index contributed by atoms with van der Waals surface area (Å²) in [6.45, 7) is 0. The highest BCUT2D eigenvalue weighted by atomic mass is 16.5. The van der Waals surface area contributed by atoms with Crippen molar-refractivity contribution in [3.63, 3.8) is 0 Å². The molecule has 0 atom stereocenters. The zero-order valence-corrected chi connectivity index (χ0v) is 16.7. The van der Waals surface area contributed by atoms with Crippen molar-refractivity contribution in [2.24, 2.45) is 5.41 Å². The summed E-state index contributed by atoms with van der Waals surface area (Å²) >= 11 is 0. The van der Waals surface area contributed by atoms with E-state index >= 15 is 0 Å². The van der Waals surface area contributed by atoms with Gasteiger partial charge in [-0.25, -0.2) is 4.79 Å². The molecular weight excluding hydrogens is 394 g/mol. The smallest absolute Gasteiger partial charge is 0.328 e. The fraction of sp³-hybridized carbons (Fsp3) is 0.167. The van der Waals surface area contributed by atoms with Gasteiger partial charge < -0.3 is 4.74 Å². The molecule has 0 bridgehead atoms. The zero-order valence-electron chi connectivity index (χ0n) is 16.7. The summed E-state index contributed by atoms with van der Waals surface area (Å²) in [7, 11) is 0. The molecule has 1 saturated heterocycles. The van der Waals surface area contributed by atoms with Crippen molar-refractivity contribution < 1.29 is 19.1 Å². The van der Waals surface area contributed by atoms with Crippen molar-refractivity contribution in [3.8, 4) is 11.5 Å². The van der Waals surface area contributed by atoms with Crippen LogP contribution in [0.15, 0.2) is 79.1 Å². The van der Waals surface area contributed by atoms with Crippen molar-refractivity contribution in [3.05, 3.63) is 90.3 Å². The van der Waals surface area contributed by atoms with E-state index in [-0.39, 0.29) is 12.8 Å². The summed E-state index contributed by atoms with van der Waals surface area (Å²) in [4.78, 5) is 41.5. The van der Waals surface area contributed by atoms with Crippen LogP contribution in [0.1, 0.15) is 17.5 Å². The summed E-state index contributed by atoms with van der Waals surface area (Å²) < 4.78 is 5.88. The number of hydrogen-bond acceptors (Lipinski definition) is 5. The number of nitrogens with zero attached hydrogens (tertiary/aromatic N) is 1. The van der Waals surface area contributed by atoms with Gasteiger partial charge in [-0.2, -0.15) is 0 Å². The quantitative estimate of drug-likeness (QED) is 0.577. The highest BCUT2D eigenvalue weighted by molar-refractivity contribution is 6.19. The van der Waals surface area contributed by atoms with E-state index in [4.69, 9.17) is 4.74 Å². The normalized spacial score (nSPS) is 15.2. The lowest BCUT2D eigenvalue weighted by Crippen LogP contribution is -2.63. The SMILES string of the molecule is O=C1NC(=O)C(CCc2ccncc2)(Cc2cccc(Oc3ccccc3)c2)C(=O)N1. The standard InChI is InChI=1S/C24H21N3O4/c28-21-24(22(29)27-23(30)26-21,12-9-17-10-13-25-14-11-17)16-18-5-4-8-20(15-18)31-19-6-2-1-3-7-19/h1-8,10-11,13-15H,9,12,16H2,(H2,26,27,28,29,30). The van der Waals surface area contributed by atoms with Gasteiger partial charge in [0.15, 0.2) is 0 Å². The lowest BCUT2D eigenvalue weighted by molar-refractivity contribution is -0.144. The minimum Gasteiger partial charge on any atom is -0.457 e. The lowest BCUT2D eigenvalue weighted by atomic mass is 9.74. The van der Waals surface area contributed by atoms with Gasteiger partial charge >= 0.3 is 6.03 Å². The van der Waals surface area contributed by atoms with Gasteiger partial charge in [-0.1, -0.05) is 30.3 Å². The van der Waals surface area contributed by atoms with Crippen LogP contribution in [-0.4, -0.2) is 22.8 Å². The first kappa shape index (κ1) is 20.3. The first-order valence-corrected chi connectivity index (χ1v) is 9.93. The number of pyridine rings is 1. The van der Waals surface area contributed by atoms with Gasteiger partial charge in [0.25, 0.3) is 0 Å². The molecule has 4 rings (SSSR count). The molecule has 2 N–H and O–H groups in total. The van der Waals surface area contributed by atoms with Gasteiger partial charge in [-0.15, -0.1) is 0 Å². The Kier molecular flexibility index (Phi) is 5.75. The highest BCUT2D eigenvalue weighted by Crippen LogP contribution is 2.33. The average Bonchev–Trinajstić information content (AvgIpc) is 2.77. The van der Waals surface area contributed by atoms with Crippen LogP contribution < -0.4 is 15.4 Å². The summed E-state index contributed by atoms with van der Waals surface area (Å²) in [5.41, 5.74) is 0.290. The molecule has 2 aromatic carbocycles. The molecule has 1 fully saturated rings.